The van der Waals surface area contributed by atoms with Crippen molar-refractivity contribution < 1.29 is 57.0 Å². The van der Waals surface area contributed by atoms with Crippen molar-refractivity contribution in [3.63, 3.8) is 0 Å². The predicted molar refractivity (Wildman–Crippen MR) is 167 cm³/mol. The molecule has 46 heavy (non-hydrogen) atoms. The van der Waals surface area contributed by atoms with E-state index in [2.05, 4.69) is 13.2 Å². The van der Waals surface area contributed by atoms with Crippen LogP contribution in [-0.2, 0) is 51.2 Å². The third kappa shape index (κ3) is 13.5. The molecule has 12 heteroatoms. The van der Waals surface area contributed by atoms with Crippen LogP contribution >= 0.6 is 0 Å². The molecule has 1 heterocycles. The number of esters is 2. The molecule has 2 aromatic rings. The fraction of sp³-hybridized carbons (Fsp3) is 0.471. The highest BCUT2D eigenvalue weighted by Gasteiger charge is 2.15. The third-order valence-corrected chi connectivity index (χ3v) is 6.17. The second kappa shape index (κ2) is 20.8. The number of hydrogen-bond acceptors (Lipinski definition) is 12. The molecule has 0 aromatic heterocycles. The Morgan fingerprint density at radius 2 is 1.07 bits per heavy atom. The van der Waals surface area contributed by atoms with Crippen LogP contribution in [0.15, 0.2) is 60.7 Å². The molecule has 0 amide bonds. The van der Waals surface area contributed by atoms with Crippen LogP contribution in [-0.4, -0.2) is 91.2 Å². The van der Waals surface area contributed by atoms with Crippen molar-refractivity contribution in [1.29, 1.82) is 0 Å². The fourth-order valence-electron chi connectivity index (χ4n) is 3.84. The maximum atomic E-state index is 11.9. The van der Waals surface area contributed by atoms with Crippen LogP contribution in [0.5, 0.6) is 23.0 Å². The minimum atomic E-state index is -0.490. The van der Waals surface area contributed by atoms with E-state index in [0.717, 1.165) is 5.56 Å². The maximum Gasteiger partial charge on any atom is 0.333 e. The average Bonchev–Trinajstić information content (AvgIpc) is 3.04. The summed E-state index contributed by atoms with van der Waals surface area (Å²) in [6.45, 7) is 14.2. The predicted octanol–water partition coefficient (Wildman–Crippen LogP) is 4.22. The molecule has 12 nitrogen and oxygen atoms in total. The zero-order valence-electron chi connectivity index (χ0n) is 26.7. The highest BCUT2D eigenvalue weighted by molar-refractivity contribution is 5.87. The maximum absolute atomic E-state index is 11.9. The lowest BCUT2D eigenvalue weighted by atomic mass is 10.2. The van der Waals surface area contributed by atoms with E-state index in [1.807, 2.05) is 0 Å². The molecule has 0 spiro atoms. The van der Waals surface area contributed by atoms with E-state index in [1.54, 1.807) is 50.2 Å². The Bertz CT molecular complexity index is 1260. The average molecular weight is 645 g/mol. The molecule has 0 unspecified atom stereocenters. The normalized spacial score (nSPS) is 15.9. The van der Waals surface area contributed by atoms with E-state index in [-0.39, 0.29) is 39.6 Å². The number of ether oxygens (including phenoxy) is 10. The summed E-state index contributed by atoms with van der Waals surface area (Å²) in [5, 5.41) is 0. The number of fused-ring (bicyclic) bond motifs is 2. The Morgan fingerprint density at radius 1 is 0.587 bits per heavy atom. The Balaban J connectivity index is 1.56. The van der Waals surface area contributed by atoms with Gasteiger partial charge in [-0.05, 0) is 37.6 Å². The van der Waals surface area contributed by atoms with Gasteiger partial charge < -0.3 is 47.4 Å². The summed E-state index contributed by atoms with van der Waals surface area (Å²) >= 11 is 0. The Hall–Kier alpha value is -4.10. The van der Waals surface area contributed by atoms with Gasteiger partial charge in [0, 0.05) is 16.7 Å². The molecule has 0 fully saturated rings. The molecule has 0 bridgehead atoms. The van der Waals surface area contributed by atoms with Crippen LogP contribution in [0.4, 0.5) is 0 Å². The van der Waals surface area contributed by atoms with E-state index in [0.29, 0.717) is 92.6 Å². The Morgan fingerprint density at radius 3 is 1.63 bits per heavy atom. The van der Waals surface area contributed by atoms with Gasteiger partial charge >= 0.3 is 11.9 Å². The van der Waals surface area contributed by atoms with Crippen LogP contribution in [0, 0.1) is 0 Å². The summed E-state index contributed by atoms with van der Waals surface area (Å²) in [7, 11) is 0. The highest BCUT2D eigenvalue weighted by Crippen LogP contribution is 2.32. The second-order valence-electron chi connectivity index (χ2n) is 10.1. The number of benzene rings is 2. The van der Waals surface area contributed by atoms with Gasteiger partial charge in [0.15, 0.2) is 23.0 Å². The van der Waals surface area contributed by atoms with Crippen LogP contribution in [0.25, 0.3) is 0 Å². The van der Waals surface area contributed by atoms with E-state index >= 15 is 0 Å². The molecule has 252 valence electrons. The van der Waals surface area contributed by atoms with E-state index in [4.69, 9.17) is 47.4 Å². The molecule has 0 atom stereocenters. The van der Waals surface area contributed by atoms with Gasteiger partial charge in [-0.15, -0.1) is 0 Å². The first-order valence-electron chi connectivity index (χ1n) is 15.1. The number of hydrogen-bond donors (Lipinski definition) is 0. The summed E-state index contributed by atoms with van der Waals surface area (Å²) < 4.78 is 56.9. The van der Waals surface area contributed by atoms with Gasteiger partial charge in [-0.3, -0.25) is 0 Å². The zero-order chi connectivity index (χ0) is 33.0. The fourth-order valence-corrected chi connectivity index (χ4v) is 3.84. The Kier molecular flexibility index (Phi) is 16.5. The number of carbonyl (C=O) groups is 2. The minimum Gasteiger partial charge on any atom is -0.487 e. The second-order valence-corrected chi connectivity index (χ2v) is 10.1. The van der Waals surface area contributed by atoms with Gasteiger partial charge in [0.1, 0.15) is 39.6 Å². The van der Waals surface area contributed by atoms with Crippen LogP contribution in [0.2, 0.25) is 0 Å². The third-order valence-electron chi connectivity index (χ3n) is 6.17. The molecule has 1 aliphatic heterocycles. The molecule has 2 aromatic carbocycles. The van der Waals surface area contributed by atoms with Crippen molar-refractivity contribution in [3.8, 4) is 23.0 Å². The molecular weight excluding hydrogens is 600 g/mol. The lowest BCUT2D eigenvalue weighted by Gasteiger charge is -2.17. The van der Waals surface area contributed by atoms with Crippen molar-refractivity contribution in [2.45, 2.75) is 27.1 Å². The first-order valence-corrected chi connectivity index (χ1v) is 15.1. The van der Waals surface area contributed by atoms with Crippen LogP contribution in [0.3, 0.4) is 0 Å². The van der Waals surface area contributed by atoms with Gasteiger partial charge in [-0.2, -0.15) is 0 Å². The molecule has 3 rings (SSSR count). The van der Waals surface area contributed by atoms with Crippen LogP contribution in [0.1, 0.15) is 25.0 Å². The SMILES string of the molecule is C=C(C)C(=O)OCc1ccc2c(c1)OCCOCCOCCOc1cccc(COC(=O)C(=C)C)c1OCCOCCOCCO2. The molecule has 0 radical (unpaired) electrons. The first-order chi connectivity index (χ1) is 22.3. The summed E-state index contributed by atoms with van der Waals surface area (Å²) in [4.78, 5) is 23.7. The van der Waals surface area contributed by atoms with Gasteiger partial charge in [0.05, 0.1) is 52.9 Å². The Labute approximate surface area is 270 Å². The molecule has 0 aliphatic carbocycles. The lowest BCUT2D eigenvalue weighted by molar-refractivity contribution is -0.141. The van der Waals surface area contributed by atoms with Gasteiger partial charge in [0.2, 0.25) is 0 Å². The van der Waals surface area contributed by atoms with Crippen molar-refractivity contribution in [1.82, 2.24) is 0 Å². The van der Waals surface area contributed by atoms with Gasteiger partial charge in [-0.1, -0.05) is 31.4 Å². The number of rotatable bonds is 6. The van der Waals surface area contributed by atoms with Crippen LogP contribution < -0.4 is 18.9 Å². The van der Waals surface area contributed by atoms with E-state index < -0.39 is 11.9 Å². The summed E-state index contributed by atoms with van der Waals surface area (Å²) in [5.74, 6) is 1.03. The largest absolute Gasteiger partial charge is 0.487 e. The quantitative estimate of drug-likeness (QED) is 0.330. The number of carbonyl (C=O) groups excluding carboxylic acids is 2. The summed E-state index contributed by atoms with van der Waals surface area (Å²) in [5.41, 5.74) is 2.02. The van der Waals surface area contributed by atoms with Crippen molar-refractivity contribution >= 4 is 11.9 Å². The molecular formula is C34H44O12. The van der Waals surface area contributed by atoms with Gasteiger partial charge in [-0.25, -0.2) is 9.59 Å². The van der Waals surface area contributed by atoms with Crippen molar-refractivity contribution in [2.75, 3.05) is 79.3 Å². The monoisotopic (exact) mass is 644 g/mol. The molecule has 0 saturated heterocycles. The lowest BCUT2D eigenvalue weighted by Crippen LogP contribution is -2.16. The van der Waals surface area contributed by atoms with E-state index in [9.17, 15) is 9.59 Å². The summed E-state index contributed by atoms with van der Waals surface area (Å²) in [6.07, 6.45) is 0. The minimum absolute atomic E-state index is 0.00304. The molecule has 0 saturated carbocycles. The molecule has 0 N–H and O–H groups in total. The topological polar surface area (TPSA) is 126 Å². The zero-order valence-corrected chi connectivity index (χ0v) is 26.7. The van der Waals surface area contributed by atoms with Gasteiger partial charge in [0.25, 0.3) is 0 Å². The molecule has 1 aliphatic rings. The first kappa shape index (κ1) is 36.4. The van der Waals surface area contributed by atoms with E-state index in [1.165, 1.54) is 0 Å². The smallest absolute Gasteiger partial charge is 0.333 e. The van der Waals surface area contributed by atoms with Crippen molar-refractivity contribution in [3.05, 3.63) is 71.8 Å². The summed E-state index contributed by atoms with van der Waals surface area (Å²) in [6, 6.07) is 10.7. The number of para-hydroxylation sites is 1. The standard InChI is InChI=1S/C34H44O12/c1-25(2)33(35)45-23-27-8-9-29-31(22-27)43-20-16-39-11-10-38-15-19-42-30-7-5-6-28(24-46-34(36)26(3)4)32(30)44-21-17-40-13-12-37-14-18-41-29/h5-9,22H,1,3,10-21,23-24H2,2,4H3. The highest BCUT2D eigenvalue weighted by atomic mass is 16.6. The van der Waals surface area contributed by atoms with Crippen molar-refractivity contribution in [2.24, 2.45) is 0 Å².